The maximum absolute atomic E-state index is 12.4. The average molecular weight is 354 g/mol. The molecule has 0 unspecified atom stereocenters. The molecule has 1 amide bonds. The fourth-order valence-corrected chi connectivity index (χ4v) is 6.67. The molecule has 0 saturated carbocycles. The molecular weight excluding hydrogens is 326 g/mol. The van der Waals surface area contributed by atoms with Crippen LogP contribution >= 0.6 is 0 Å². The van der Waals surface area contributed by atoms with E-state index < -0.39 is 19.8 Å². The number of rotatable bonds is 5. The van der Waals surface area contributed by atoms with Crippen LogP contribution in [0, 0.1) is 0 Å². The van der Waals surface area contributed by atoms with E-state index in [1.807, 2.05) is 63.2 Å². The molecule has 0 spiro atoms. The smallest absolute Gasteiger partial charge is 0.407 e. The van der Waals surface area contributed by atoms with Gasteiger partial charge in [0.15, 0.2) is 0 Å². The Bertz CT molecular complexity index is 668. The van der Waals surface area contributed by atoms with E-state index in [-0.39, 0.29) is 5.67 Å². The summed E-state index contributed by atoms with van der Waals surface area (Å²) < 4.78 is 5.46. The van der Waals surface area contributed by atoms with Crippen LogP contribution < -0.4 is 15.7 Å². The number of amides is 1. The van der Waals surface area contributed by atoms with Crippen LogP contribution in [-0.2, 0) is 4.74 Å². The van der Waals surface area contributed by atoms with Gasteiger partial charge in [-0.15, -0.1) is 6.58 Å². The van der Waals surface area contributed by atoms with Crippen LogP contribution in [0.3, 0.4) is 0 Å². The summed E-state index contributed by atoms with van der Waals surface area (Å²) in [6, 6.07) is 20.7. The molecule has 25 heavy (non-hydrogen) atoms. The Kier molecular flexibility index (Phi) is 5.85. The lowest BCUT2D eigenvalue weighted by molar-refractivity contribution is 0.0526. The Labute approximate surface area is 151 Å². The van der Waals surface area contributed by atoms with E-state index >= 15 is 0 Å². The first kappa shape index (κ1) is 19.0. The molecule has 0 radical (unpaired) electrons. The number of hydrogen-bond acceptors (Lipinski definition) is 2. The summed E-state index contributed by atoms with van der Waals surface area (Å²) in [6.07, 6.45) is 1.42. The van der Waals surface area contributed by atoms with Gasteiger partial charge < -0.3 is 10.1 Å². The highest BCUT2D eigenvalue weighted by atomic mass is 28.3. The molecule has 0 bridgehead atoms. The summed E-state index contributed by atoms with van der Waals surface area (Å²) in [5, 5.41) is 5.52. The topological polar surface area (TPSA) is 38.3 Å². The van der Waals surface area contributed by atoms with Gasteiger partial charge in [0.2, 0.25) is 0 Å². The number of hydrogen-bond donors (Lipinski definition) is 1. The highest BCUT2D eigenvalue weighted by Gasteiger charge is 2.40. The van der Waals surface area contributed by atoms with Crippen LogP contribution in [0.2, 0.25) is 6.55 Å². The highest BCUT2D eigenvalue weighted by Crippen LogP contribution is 2.14. The van der Waals surface area contributed by atoms with Crippen molar-refractivity contribution >= 4 is 24.5 Å². The van der Waals surface area contributed by atoms with E-state index in [0.717, 1.165) is 0 Å². The lowest BCUT2D eigenvalue weighted by Crippen LogP contribution is -2.68. The van der Waals surface area contributed by atoms with Crippen LogP contribution in [-0.4, -0.2) is 25.4 Å². The van der Waals surface area contributed by atoms with Crippen molar-refractivity contribution in [3.8, 4) is 0 Å². The highest BCUT2D eigenvalue weighted by molar-refractivity contribution is 7.02. The van der Waals surface area contributed by atoms with Gasteiger partial charge in [0.05, 0.1) is 5.67 Å². The van der Waals surface area contributed by atoms with Crippen molar-refractivity contribution < 1.29 is 9.53 Å². The van der Waals surface area contributed by atoms with Gasteiger partial charge in [-0.1, -0.05) is 83.7 Å². The SMILES string of the molecule is C=C[C@@H](NC(=O)OC(C)(C)C)[Si](C)(c1ccccc1)c1ccccc1. The van der Waals surface area contributed by atoms with Gasteiger partial charge in [0.1, 0.15) is 13.7 Å². The third-order valence-electron chi connectivity index (χ3n) is 4.28. The molecule has 4 heteroatoms. The molecular formula is C21H27NO2Si. The molecule has 0 heterocycles. The molecule has 0 fully saturated rings. The van der Waals surface area contributed by atoms with Gasteiger partial charge in [-0.2, -0.15) is 0 Å². The zero-order valence-electron chi connectivity index (χ0n) is 15.5. The standard InChI is InChI=1S/C21H27NO2Si/c1-6-19(22-20(23)24-21(2,3)4)25(5,17-13-9-7-10-14-17)18-15-11-8-12-16-18/h6-16,19H,1H2,2-5H3,(H,22,23)/t19-/m0/s1. The summed E-state index contributed by atoms with van der Waals surface area (Å²) in [6.45, 7) is 11.8. The first-order chi connectivity index (χ1) is 11.8. The number of carbonyl (C=O) groups is 1. The van der Waals surface area contributed by atoms with Crippen molar-refractivity contribution in [3.05, 3.63) is 73.3 Å². The lowest BCUT2D eigenvalue weighted by Gasteiger charge is -2.36. The number of carbonyl (C=O) groups excluding carboxylic acids is 1. The minimum Gasteiger partial charge on any atom is -0.444 e. The van der Waals surface area contributed by atoms with Crippen molar-refractivity contribution in [2.45, 2.75) is 38.6 Å². The first-order valence-electron chi connectivity index (χ1n) is 8.50. The van der Waals surface area contributed by atoms with Crippen LogP contribution in [0.4, 0.5) is 4.79 Å². The van der Waals surface area contributed by atoms with Crippen molar-refractivity contribution in [3.63, 3.8) is 0 Å². The number of ether oxygens (including phenoxy) is 1. The summed E-state index contributed by atoms with van der Waals surface area (Å²) in [5.41, 5.74) is -0.722. The summed E-state index contributed by atoms with van der Waals surface area (Å²) in [7, 11) is -2.30. The number of alkyl carbamates (subject to hydrolysis) is 1. The molecule has 2 aromatic carbocycles. The van der Waals surface area contributed by atoms with Crippen molar-refractivity contribution in [2.24, 2.45) is 0 Å². The summed E-state index contributed by atoms with van der Waals surface area (Å²) in [4.78, 5) is 12.4. The second-order valence-corrected chi connectivity index (χ2v) is 11.5. The minimum atomic E-state index is -2.30. The molecule has 0 saturated heterocycles. The van der Waals surface area contributed by atoms with Crippen molar-refractivity contribution in [2.75, 3.05) is 0 Å². The molecule has 3 nitrogen and oxygen atoms in total. The first-order valence-corrected chi connectivity index (χ1v) is 11.1. The molecule has 2 aromatic rings. The van der Waals surface area contributed by atoms with Gasteiger partial charge in [-0.3, -0.25) is 0 Å². The monoisotopic (exact) mass is 353 g/mol. The second kappa shape index (κ2) is 7.70. The molecule has 132 valence electrons. The Hall–Kier alpha value is -2.33. The Morgan fingerprint density at radius 1 is 1.04 bits per heavy atom. The minimum absolute atomic E-state index is 0.188. The summed E-state index contributed by atoms with van der Waals surface area (Å²) >= 11 is 0. The zero-order chi connectivity index (χ0) is 18.5. The van der Waals surface area contributed by atoms with Gasteiger partial charge in [0, 0.05) is 0 Å². The molecule has 0 aliphatic carbocycles. The van der Waals surface area contributed by atoms with Crippen LogP contribution in [0.25, 0.3) is 0 Å². The third kappa shape index (κ3) is 4.60. The zero-order valence-corrected chi connectivity index (χ0v) is 16.5. The van der Waals surface area contributed by atoms with Crippen molar-refractivity contribution in [1.29, 1.82) is 0 Å². The fraction of sp³-hybridized carbons (Fsp3) is 0.286. The van der Waals surface area contributed by atoms with Crippen LogP contribution in [0.1, 0.15) is 20.8 Å². The van der Waals surface area contributed by atoms with E-state index in [0.29, 0.717) is 0 Å². The lowest BCUT2D eigenvalue weighted by atomic mass is 10.2. The average Bonchev–Trinajstić information content (AvgIpc) is 2.59. The third-order valence-corrected chi connectivity index (χ3v) is 8.97. The normalized spacial score (nSPS) is 13.0. The molecule has 0 aliphatic heterocycles. The number of nitrogens with one attached hydrogen (secondary N) is 1. The maximum Gasteiger partial charge on any atom is 0.407 e. The maximum atomic E-state index is 12.4. The van der Waals surface area contributed by atoms with E-state index in [9.17, 15) is 4.79 Å². The predicted molar refractivity (Wildman–Crippen MR) is 107 cm³/mol. The molecule has 1 atom stereocenters. The van der Waals surface area contributed by atoms with E-state index in [1.165, 1.54) is 10.4 Å². The van der Waals surface area contributed by atoms with E-state index in [2.05, 4.69) is 42.7 Å². The fourth-order valence-electron chi connectivity index (χ4n) is 2.97. The molecule has 1 N–H and O–H groups in total. The van der Waals surface area contributed by atoms with Crippen molar-refractivity contribution in [1.82, 2.24) is 5.32 Å². The Morgan fingerprint density at radius 3 is 1.84 bits per heavy atom. The van der Waals surface area contributed by atoms with Gasteiger partial charge in [-0.25, -0.2) is 4.79 Å². The second-order valence-electron chi connectivity index (χ2n) is 7.29. The number of benzene rings is 2. The Balaban J connectivity index is 2.44. The predicted octanol–water partition coefficient (Wildman–Crippen LogP) is 3.50. The Morgan fingerprint density at radius 2 is 1.48 bits per heavy atom. The molecule has 0 aromatic heterocycles. The largest absolute Gasteiger partial charge is 0.444 e. The molecule has 0 aliphatic rings. The van der Waals surface area contributed by atoms with Gasteiger partial charge in [-0.05, 0) is 20.8 Å². The van der Waals surface area contributed by atoms with Gasteiger partial charge >= 0.3 is 6.09 Å². The van der Waals surface area contributed by atoms with E-state index in [4.69, 9.17) is 4.74 Å². The van der Waals surface area contributed by atoms with E-state index in [1.54, 1.807) is 0 Å². The van der Waals surface area contributed by atoms with Crippen LogP contribution in [0.5, 0.6) is 0 Å². The van der Waals surface area contributed by atoms with Gasteiger partial charge in [0.25, 0.3) is 0 Å². The quantitative estimate of drug-likeness (QED) is 0.660. The molecule has 2 rings (SSSR count). The van der Waals surface area contributed by atoms with Crippen LogP contribution in [0.15, 0.2) is 73.3 Å². The summed E-state index contributed by atoms with van der Waals surface area (Å²) in [5.74, 6) is 0.